The Balaban J connectivity index is 1.51. The summed E-state index contributed by atoms with van der Waals surface area (Å²) >= 11 is 0. The number of anilines is 2. The molecule has 1 aromatic carbocycles. The number of halogens is 3. The van der Waals surface area contributed by atoms with Crippen LogP contribution in [0.5, 0.6) is 0 Å². The molecule has 184 valence electrons. The van der Waals surface area contributed by atoms with Crippen LogP contribution in [-0.2, 0) is 4.74 Å². The number of aliphatic imine (C=N–C) groups is 1. The lowest BCUT2D eigenvalue weighted by atomic mass is 9.87. The summed E-state index contributed by atoms with van der Waals surface area (Å²) < 4.78 is 48.0. The van der Waals surface area contributed by atoms with Gasteiger partial charge in [-0.1, -0.05) is 12.1 Å². The molecule has 12 heteroatoms. The van der Waals surface area contributed by atoms with Gasteiger partial charge in [0.2, 0.25) is 17.7 Å². The Labute approximate surface area is 199 Å². The first-order valence-corrected chi connectivity index (χ1v) is 11.7. The SMILES string of the molecule is NC1CCC2C(C1)N=C(C(F)(F)F)N2c1nc(-c2cccc3[nH]ccc23)nc(N2CCOCC2)n1. The zero-order valence-electron chi connectivity index (χ0n) is 18.9. The van der Waals surface area contributed by atoms with E-state index in [9.17, 15) is 13.2 Å². The molecule has 2 aromatic heterocycles. The normalized spacial score (nSPS) is 25.1. The molecule has 3 aliphatic rings. The fourth-order valence-electron chi connectivity index (χ4n) is 5.20. The molecule has 2 aliphatic heterocycles. The number of rotatable bonds is 3. The number of alkyl halides is 3. The van der Waals surface area contributed by atoms with Gasteiger partial charge in [-0.05, 0) is 31.4 Å². The number of nitrogens with one attached hydrogen (secondary N) is 1. The minimum atomic E-state index is -4.64. The highest BCUT2D eigenvalue weighted by Gasteiger charge is 2.51. The van der Waals surface area contributed by atoms with Crippen LogP contribution in [0.1, 0.15) is 19.3 Å². The average Bonchev–Trinajstić information content (AvgIpc) is 3.48. The van der Waals surface area contributed by atoms with Gasteiger partial charge in [0.05, 0.1) is 25.3 Å². The molecule has 1 aliphatic carbocycles. The number of fused-ring (bicyclic) bond motifs is 2. The third-order valence-corrected chi connectivity index (χ3v) is 6.88. The van der Waals surface area contributed by atoms with E-state index in [0.29, 0.717) is 62.9 Å². The van der Waals surface area contributed by atoms with Crippen molar-refractivity contribution in [1.29, 1.82) is 0 Å². The van der Waals surface area contributed by atoms with Crippen molar-refractivity contribution in [2.24, 2.45) is 10.7 Å². The van der Waals surface area contributed by atoms with E-state index in [-0.39, 0.29) is 12.0 Å². The van der Waals surface area contributed by atoms with Crippen LogP contribution in [0.3, 0.4) is 0 Å². The second-order valence-corrected chi connectivity index (χ2v) is 9.13. The maximum Gasteiger partial charge on any atom is 0.449 e. The van der Waals surface area contributed by atoms with Gasteiger partial charge in [0.1, 0.15) is 0 Å². The molecule has 6 rings (SSSR count). The second kappa shape index (κ2) is 8.45. The number of morpholine rings is 1. The maximum absolute atomic E-state index is 14.2. The minimum Gasteiger partial charge on any atom is -0.378 e. The summed E-state index contributed by atoms with van der Waals surface area (Å²) in [6.45, 7) is 2.06. The van der Waals surface area contributed by atoms with Gasteiger partial charge >= 0.3 is 6.18 Å². The maximum atomic E-state index is 14.2. The van der Waals surface area contributed by atoms with Crippen molar-refractivity contribution in [2.75, 3.05) is 36.1 Å². The molecule has 3 unspecified atom stereocenters. The molecule has 35 heavy (non-hydrogen) atoms. The summed E-state index contributed by atoms with van der Waals surface area (Å²) in [5.41, 5.74) is 7.66. The van der Waals surface area contributed by atoms with Crippen molar-refractivity contribution in [3.63, 3.8) is 0 Å². The Morgan fingerprint density at radius 1 is 1.03 bits per heavy atom. The van der Waals surface area contributed by atoms with E-state index in [2.05, 4.69) is 19.9 Å². The number of hydrogen-bond donors (Lipinski definition) is 2. The van der Waals surface area contributed by atoms with Gasteiger partial charge in [-0.3, -0.25) is 9.89 Å². The third kappa shape index (κ3) is 4.00. The predicted octanol–water partition coefficient (Wildman–Crippen LogP) is 2.89. The van der Waals surface area contributed by atoms with Gasteiger partial charge < -0.3 is 20.4 Å². The highest BCUT2D eigenvalue weighted by Crippen LogP contribution is 2.38. The first kappa shape index (κ1) is 22.2. The number of amidine groups is 1. The molecule has 4 heterocycles. The molecule has 0 radical (unpaired) electrons. The fourth-order valence-corrected chi connectivity index (χ4v) is 5.20. The quantitative estimate of drug-likeness (QED) is 0.586. The Hall–Kier alpha value is -3.25. The zero-order chi connectivity index (χ0) is 24.2. The molecule has 9 nitrogen and oxygen atoms in total. The van der Waals surface area contributed by atoms with Gasteiger partial charge in [0.25, 0.3) is 0 Å². The lowest BCUT2D eigenvalue weighted by Gasteiger charge is -2.34. The topological polar surface area (TPSA) is 109 Å². The van der Waals surface area contributed by atoms with Crippen LogP contribution in [0, 0.1) is 0 Å². The Kier molecular flexibility index (Phi) is 5.37. The van der Waals surface area contributed by atoms with Gasteiger partial charge in [0.15, 0.2) is 5.82 Å². The van der Waals surface area contributed by atoms with Crippen molar-refractivity contribution in [3.8, 4) is 11.4 Å². The first-order valence-electron chi connectivity index (χ1n) is 11.7. The molecule has 3 atom stereocenters. The van der Waals surface area contributed by atoms with Crippen molar-refractivity contribution < 1.29 is 17.9 Å². The van der Waals surface area contributed by atoms with Gasteiger partial charge in [-0.25, -0.2) is 0 Å². The fraction of sp³-hybridized carbons (Fsp3) is 0.478. The highest BCUT2D eigenvalue weighted by molar-refractivity contribution is 6.03. The number of aromatic amines is 1. The largest absolute Gasteiger partial charge is 0.449 e. The zero-order valence-corrected chi connectivity index (χ0v) is 18.9. The molecule has 0 amide bonds. The third-order valence-electron chi connectivity index (χ3n) is 6.88. The van der Waals surface area contributed by atoms with Crippen molar-refractivity contribution in [3.05, 3.63) is 30.5 Å². The highest BCUT2D eigenvalue weighted by atomic mass is 19.4. The number of benzene rings is 1. The Morgan fingerprint density at radius 2 is 1.83 bits per heavy atom. The number of nitrogens with zero attached hydrogens (tertiary/aromatic N) is 6. The number of nitrogens with two attached hydrogens (primary N) is 1. The second-order valence-electron chi connectivity index (χ2n) is 9.13. The minimum absolute atomic E-state index is 0.0388. The summed E-state index contributed by atoms with van der Waals surface area (Å²) in [5.74, 6) is -0.355. The van der Waals surface area contributed by atoms with Gasteiger partial charge in [-0.15, -0.1) is 0 Å². The number of H-pyrrole nitrogens is 1. The summed E-state index contributed by atoms with van der Waals surface area (Å²) in [5, 5.41) is 0.880. The van der Waals surface area contributed by atoms with E-state index in [0.717, 1.165) is 10.9 Å². The molecular formula is C23H25F3N8O. The van der Waals surface area contributed by atoms with Gasteiger partial charge in [0, 0.05) is 41.8 Å². The molecule has 2 fully saturated rings. The summed E-state index contributed by atoms with van der Waals surface area (Å²) in [6.07, 6.45) is -1.33. The van der Waals surface area contributed by atoms with Crippen LogP contribution >= 0.6 is 0 Å². The molecule has 0 bridgehead atoms. The Morgan fingerprint density at radius 3 is 2.63 bits per heavy atom. The predicted molar refractivity (Wildman–Crippen MR) is 126 cm³/mol. The van der Waals surface area contributed by atoms with Crippen LogP contribution in [0.4, 0.5) is 25.1 Å². The standard InChI is InChI=1S/C23H25F3N8O/c24-23(25,26)20-29-17-12-13(27)4-5-18(17)34(20)22-31-19(15-2-1-3-16-14(15)6-7-28-16)30-21(32-22)33-8-10-35-11-9-33/h1-3,6-7,13,17-18,28H,4-5,8-12,27H2. The van der Waals surface area contributed by atoms with E-state index >= 15 is 0 Å². The smallest absolute Gasteiger partial charge is 0.378 e. The van der Waals surface area contributed by atoms with Crippen molar-refractivity contribution >= 4 is 28.6 Å². The Bertz CT molecular complexity index is 1270. The van der Waals surface area contributed by atoms with Crippen LogP contribution in [0.25, 0.3) is 22.3 Å². The van der Waals surface area contributed by atoms with E-state index in [1.54, 1.807) is 0 Å². The van der Waals surface area contributed by atoms with Crippen molar-refractivity contribution in [1.82, 2.24) is 19.9 Å². The molecule has 3 N–H and O–H groups in total. The summed E-state index contributed by atoms with van der Waals surface area (Å²) in [6, 6.07) is 6.34. The van der Waals surface area contributed by atoms with E-state index < -0.39 is 24.1 Å². The van der Waals surface area contributed by atoms with Gasteiger partial charge in [-0.2, -0.15) is 28.1 Å². The van der Waals surface area contributed by atoms with Crippen LogP contribution in [0.2, 0.25) is 0 Å². The lowest BCUT2D eigenvalue weighted by Crippen LogP contribution is -2.49. The molecule has 1 saturated heterocycles. The lowest BCUT2D eigenvalue weighted by molar-refractivity contribution is -0.0599. The number of hydrogen-bond acceptors (Lipinski definition) is 8. The van der Waals surface area contributed by atoms with E-state index in [1.165, 1.54) is 4.90 Å². The van der Waals surface area contributed by atoms with Crippen LogP contribution in [0.15, 0.2) is 35.5 Å². The summed E-state index contributed by atoms with van der Waals surface area (Å²) in [4.78, 5) is 24.2. The first-order chi connectivity index (χ1) is 16.9. The molecule has 0 spiro atoms. The molecule has 1 saturated carbocycles. The summed E-state index contributed by atoms with van der Waals surface area (Å²) in [7, 11) is 0. The number of ether oxygens (including phenoxy) is 1. The monoisotopic (exact) mass is 486 g/mol. The van der Waals surface area contributed by atoms with E-state index in [1.807, 2.05) is 35.4 Å². The van der Waals surface area contributed by atoms with Crippen LogP contribution in [-0.4, -0.2) is 76.4 Å². The van der Waals surface area contributed by atoms with Crippen LogP contribution < -0.4 is 15.5 Å². The average molecular weight is 487 g/mol. The van der Waals surface area contributed by atoms with E-state index in [4.69, 9.17) is 15.5 Å². The molecular weight excluding hydrogens is 461 g/mol. The number of aromatic nitrogens is 4. The molecule has 3 aromatic rings. The van der Waals surface area contributed by atoms with Crippen molar-refractivity contribution in [2.45, 2.75) is 43.6 Å².